The number of carbonyl (C=O) groups excluding carboxylic acids is 1. The number of aliphatic hydroxyl groups excluding tert-OH is 1. The van der Waals surface area contributed by atoms with Gasteiger partial charge in [0.25, 0.3) is 5.91 Å². The zero-order valence-electron chi connectivity index (χ0n) is 9.34. The number of anilines is 1. The van der Waals surface area contributed by atoms with Crippen LogP contribution in [-0.4, -0.2) is 40.6 Å². The number of hydrazine groups is 1. The number of hydrogen-bond donors (Lipinski definition) is 3. The number of nitrogens with zero attached hydrogens (tertiary/aromatic N) is 2. The van der Waals surface area contributed by atoms with E-state index in [9.17, 15) is 9.90 Å². The maximum atomic E-state index is 11.8. The van der Waals surface area contributed by atoms with Crippen LogP contribution in [0.15, 0.2) is 18.2 Å². The number of amides is 1. The summed E-state index contributed by atoms with van der Waals surface area (Å²) in [6.07, 6.45) is -0.565. The number of carbonyl (C=O) groups is 1. The van der Waals surface area contributed by atoms with Crippen molar-refractivity contribution in [2.45, 2.75) is 13.0 Å². The third kappa shape index (κ3) is 3.18. The summed E-state index contributed by atoms with van der Waals surface area (Å²) < 4.78 is 0. The lowest BCUT2D eigenvalue weighted by Crippen LogP contribution is -2.33. The van der Waals surface area contributed by atoms with E-state index >= 15 is 0 Å². The maximum Gasteiger partial charge on any atom is 0.272 e. The number of aliphatic hydroxyl groups is 1. The molecule has 1 amide bonds. The van der Waals surface area contributed by atoms with Gasteiger partial charge in [0.2, 0.25) is 0 Å². The average molecular weight is 224 g/mol. The van der Waals surface area contributed by atoms with Crippen LogP contribution in [0.4, 0.5) is 5.82 Å². The van der Waals surface area contributed by atoms with Crippen molar-refractivity contribution in [1.82, 2.24) is 9.88 Å². The molecule has 16 heavy (non-hydrogen) atoms. The van der Waals surface area contributed by atoms with Crippen LogP contribution in [0.25, 0.3) is 0 Å². The summed E-state index contributed by atoms with van der Waals surface area (Å²) in [5.41, 5.74) is 2.66. The fourth-order valence-corrected chi connectivity index (χ4v) is 1.31. The Kier molecular flexibility index (Phi) is 4.21. The lowest BCUT2D eigenvalue weighted by molar-refractivity contribution is 0.0698. The van der Waals surface area contributed by atoms with E-state index in [1.165, 1.54) is 4.90 Å². The van der Waals surface area contributed by atoms with Crippen LogP contribution in [0.2, 0.25) is 0 Å². The minimum absolute atomic E-state index is 0.252. The standard InChI is InChI=1S/C10H16N4O2/c1-7(15)6-14(2)10(16)8-4-3-5-9(12-8)13-11/h3-5,7,15H,6,11H2,1-2H3,(H,12,13). The van der Waals surface area contributed by atoms with Gasteiger partial charge in [-0.25, -0.2) is 10.8 Å². The van der Waals surface area contributed by atoms with Crippen LogP contribution in [0.1, 0.15) is 17.4 Å². The molecule has 1 rings (SSSR count). The summed E-state index contributed by atoms with van der Waals surface area (Å²) in [6.45, 7) is 1.88. The first-order valence-electron chi connectivity index (χ1n) is 4.91. The average Bonchev–Trinajstić information content (AvgIpc) is 2.27. The Morgan fingerprint density at radius 3 is 2.94 bits per heavy atom. The Bertz CT molecular complexity index is 368. The van der Waals surface area contributed by atoms with Crippen molar-refractivity contribution in [2.75, 3.05) is 19.0 Å². The molecule has 0 aliphatic carbocycles. The first-order chi connectivity index (χ1) is 7.54. The summed E-state index contributed by atoms with van der Waals surface area (Å²) in [6, 6.07) is 4.94. The van der Waals surface area contributed by atoms with Gasteiger partial charge in [-0.3, -0.25) is 4.79 Å². The van der Waals surface area contributed by atoms with E-state index in [2.05, 4.69) is 10.4 Å². The molecule has 0 spiro atoms. The number of likely N-dealkylation sites (N-methyl/N-ethyl adjacent to an activating group) is 1. The predicted octanol–water partition coefficient (Wildman–Crippen LogP) is -0.180. The van der Waals surface area contributed by atoms with E-state index in [1.54, 1.807) is 32.2 Å². The Labute approximate surface area is 94.1 Å². The molecule has 0 aliphatic rings. The molecule has 0 aliphatic heterocycles. The number of nitrogens with one attached hydrogen (secondary N) is 1. The van der Waals surface area contributed by atoms with Crippen molar-refractivity contribution in [3.05, 3.63) is 23.9 Å². The van der Waals surface area contributed by atoms with Crippen LogP contribution in [0.3, 0.4) is 0 Å². The van der Waals surface area contributed by atoms with Crippen molar-refractivity contribution < 1.29 is 9.90 Å². The molecule has 4 N–H and O–H groups in total. The number of aromatic nitrogens is 1. The van der Waals surface area contributed by atoms with Gasteiger partial charge in [0.05, 0.1) is 6.10 Å². The van der Waals surface area contributed by atoms with Gasteiger partial charge in [0.1, 0.15) is 11.5 Å². The van der Waals surface area contributed by atoms with Crippen LogP contribution >= 0.6 is 0 Å². The van der Waals surface area contributed by atoms with E-state index in [-0.39, 0.29) is 12.5 Å². The van der Waals surface area contributed by atoms with Gasteiger partial charge >= 0.3 is 0 Å². The zero-order chi connectivity index (χ0) is 12.1. The topological polar surface area (TPSA) is 91.5 Å². The van der Waals surface area contributed by atoms with E-state index in [0.29, 0.717) is 11.5 Å². The number of pyridine rings is 1. The van der Waals surface area contributed by atoms with Crippen molar-refractivity contribution >= 4 is 11.7 Å². The molecule has 1 aromatic heterocycles. The van der Waals surface area contributed by atoms with Crippen LogP contribution in [0.5, 0.6) is 0 Å². The van der Waals surface area contributed by atoms with Crippen molar-refractivity contribution in [3.8, 4) is 0 Å². The highest BCUT2D eigenvalue weighted by molar-refractivity contribution is 5.92. The first-order valence-corrected chi connectivity index (χ1v) is 4.91. The fraction of sp³-hybridized carbons (Fsp3) is 0.400. The van der Waals surface area contributed by atoms with Gasteiger partial charge in [0, 0.05) is 13.6 Å². The predicted molar refractivity (Wildman–Crippen MR) is 60.7 cm³/mol. The first kappa shape index (κ1) is 12.4. The molecule has 0 radical (unpaired) electrons. The number of hydrogen-bond acceptors (Lipinski definition) is 5. The molecule has 1 aromatic rings. The molecule has 1 unspecified atom stereocenters. The molecule has 88 valence electrons. The molecule has 6 nitrogen and oxygen atoms in total. The van der Waals surface area contributed by atoms with Gasteiger partial charge in [-0.2, -0.15) is 0 Å². The minimum atomic E-state index is -0.565. The van der Waals surface area contributed by atoms with Gasteiger partial charge in [-0.05, 0) is 19.1 Å². The Balaban J connectivity index is 2.79. The lowest BCUT2D eigenvalue weighted by Gasteiger charge is -2.18. The van der Waals surface area contributed by atoms with E-state index in [4.69, 9.17) is 5.84 Å². The lowest BCUT2D eigenvalue weighted by atomic mass is 10.3. The minimum Gasteiger partial charge on any atom is -0.392 e. The Morgan fingerprint density at radius 2 is 2.38 bits per heavy atom. The van der Waals surface area contributed by atoms with Gasteiger partial charge < -0.3 is 15.4 Å². The van der Waals surface area contributed by atoms with Crippen molar-refractivity contribution in [2.24, 2.45) is 5.84 Å². The normalized spacial score (nSPS) is 12.0. The van der Waals surface area contributed by atoms with Gasteiger partial charge in [-0.1, -0.05) is 6.07 Å². The molecule has 0 saturated heterocycles. The second-order valence-corrected chi connectivity index (χ2v) is 3.59. The summed E-state index contributed by atoms with van der Waals surface area (Å²) in [4.78, 5) is 17.3. The summed E-state index contributed by atoms with van der Waals surface area (Å²) in [7, 11) is 1.61. The molecule has 6 heteroatoms. The van der Waals surface area contributed by atoms with Crippen LogP contribution in [-0.2, 0) is 0 Å². The highest BCUT2D eigenvalue weighted by Crippen LogP contribution is 2.06. The van der Waals surface area contributed by atoms with E-state index < -0.39 is 6.10 Å². The molecular formula is C10H16N4O2. The quantitative estimate of drug-likeness (QED) is 0.487. The largest absolute Gasteiger partial charge is 0.392 e. The molecule has 0 fully saturated rings. The molecule has 0 saturated carbocycles. The maximum absolute atomic E-state index is 11.8. The third-order valence-electron chi connectivity index (χ3n) is 2.00. The highest BCUT2D eigenvalue weighted by atomic mass is 16.3. The summed E-state index contributed by atoms with van der Waals surface area (Å²) in [5, 5.41) is 9.17. The Morgan fingerprint density at radius 1 is 1.69 bits per heavy atom. The number of nitrogen functional groups attached to an aromatic ring is 1. The molecule has 0 bridgehead atoms. The molecular weight excluding hydrogens is 208 g/mol. The summed E-state index contributed by atoms with van der Waals surface area (Å²) >= 11 is 0. The molecule has 0 aromatic carbocycles. The van der Waals surface area contributed by atoms with Gasteiger partial charge in [-0.15, -0.1) is 0 Å². The molecule has 1 atom stereocenters. The van der Waals surface area contributed by atoms with Crippen LogP contribution < -0.4 is 11.3 Å². The number of rotatable bonds is 4. The smallest absolute Gasteiger partial charge is 0.272 e. The highest BCUT2D eigenvalue weighted by Gasteiger charge is 2.14. The fourth-order valence-electron chi connectivity index (χ4n) is 1.31. The van der Waals surface area contributed by atoms with Crippen molar-refractivity contribution in [1.29, 1.82) is 0 Å². The monoisotopic (exact) mass is 224 g/mol. The van der Waals surface area contributed by atoms with Crippen molar-refractivity contribution in [3.63, 3.8) is 0 Å². The second kappa shape index (κ2) is 5.43. The van der Waals surface area contributed by atoms with E-state index in [1.807, 2.05) is 0 Å². The Hall–Kier alpha value is -1.66. The molecule has 1 heterocycles. The van der Waals surface area contributed by atoms with E-state index in [0.717, 1.165) is 0 Å². The SMILES string of the molecule is CC(O)CN(C)C(=O)c1cccc(NN)n1. The zero-order valence-corrected chi connectivity index (χ0v) is 9.34. The second-order valence-electron chi connectivity index (χ2n) is 3.59. The number of nitrogens with two attached hydrogens (primary N) is 1. The van der Waals surface area contributed by atoms with Crippen LogP contribution in [0, 0.1) is 0 Å². The third-order valence-corrected chi connectivity index (χ3v) is 2.00. The van der Waals surface area contributed by atoms with Gasteiger partial charge in [0.15, 0.2) is 0 Å². The summed E-state index contributed by atoms with van der Waals surface area (Å²) in [5.74, 6) is 5.37.